The molecule has 0 aliphatic rings. The number of rotatable bonds is 5. The normalized spacial score (nSPS) is 12.4. The zero-order valence-corrected chi connectivity index (χ0v) is 12.2. The van der Waals surface area contributed by atoms with Crippen molar-refractivity contribution in [2.75, 3.05) is 6.54 Å². The topological polar surface area (TPSA) is 26.0 Å². The van der Waals surface area contributed by atoms with Gasteiger partial charge in [-0.25, -0.2) is 4.39 Å². The summed E-state index contributed by atoms with van der Waals surface area (Å²) < 4.78 is 14.2. The molecule has 0 aliphatic carbocycles. The molecule has 1 nitrogen and oxygen atoms in total. The van der Waals surface area contributed by atoms with Crippen LogP contribution in [0.3, 0.4) is 0 Å². The molecule has 19 heavy (non-hydrogen) atoms. The molecule has 0 radical (unpaired) electrons. The van der Waals surface area contributed by atoms with E-state index in [0.717, 1.165) is 22.9 Å². The highest BCUT2D eigenvalue weighted by atomic mass is 79.9. The second-order valence-electron chi connectivity index (χ2n) is 4.62. The largest absolute Gasteiger partial charge is 0.330 e. The van der Waals surface area contributed by atoms with Crippen LogP contribution in [0, 0.1) is 5.82 Å². The van der Waals surface area contributed by atoms with E-state index in [9.17, 15) is 4.39 Å². The van der Waals surface area contributed by atoms with Crippen molar-refractivity contribution in [3.05, 3.63) is 69.9 Å². The molecule has 0 spiro atoms. The van der Waals surface area contributed by atoms with Crippen LogP contribution in [0.5, 0.6) is 0 Å². The first kappa shape index (κ1) is 14.2. The van der Waals surface area contributed by atoms with Gasteiger partial charge in [0, 0.05) is 4.47 Å². The van der Waals surface area contributed by atoms with E-state index in [4.69, 9.17) is 5.73 Å². The fourth-order valence-electron chi connectivity index (χ4n) is 2.21. The summed E-state index contributed by atoms with van der Waals surface area (Å²) >= 11 is 3.46. The minimum Gasteiger partial charge on any atom is -0.330 e. The Morgan fingerprint density at radius 1 is 1.11 bits per heavy atom. The highest BCUT2D eigenvalue weighted by molar-refractivity contribution is 9.10. The van der Waals surface area contributed by atoms with Gasteiger partial charge in [0.15, 0.2) is 0 Å². The van der Waals surface area contributed by atoms with E-state index in [2.05, 4.69) is 28.1 Å². The van der Waals surface area contributed by atoms with Crippen LogP contribution in [0.4, 0.5) is 4.39 Å². The summed E-state index contributed by atoms with van der Waals surface area (Å²) in [7, 11) is 0. The summed E-state index contributed by atoms with van der Waals surface area (Å²) in [4.78, 5) is 0. The molecular formula is C16H17BrFN. The van der Waals surface area contributed by atoms with Crippen LogP contribution in [-0.4, -0.2) is 6.54 Å². The average molecular weight is 322 g/mol. The summed E-state index contributed by atoms with van der Waals surface area (Å²) in [6.07, 6.45) is 1.73. The van der Waals surface area contributed by atoms with Gasteiger partial charge in [0.1, 0.15) is 5.82 Å². The van der Waals surface area contributed by atoms with Crippen LogP contribution in [0.1, 0.15) is 23.5 Å². The second-order valence-corrected chi connectivity index (χ2v) is 5.47. The molecule has 0 aliphatic heterocycles. The maximum atomic E-state index is 13.2. The number of nitrogens with two attached hydrogens (primary N) is 1. The Bertz CT molecular complexity index is 528. The summed E-state index contributed by atoms with van der Waals surface area (Å²) in [6, 6.07) is 15.0. The van der Waals surface area contributed by atoms with Gasteiger partial charge in [-0.1, -0.05) is 46.3 Å². The number of hydrogen-bond acceptors (Lipinski definition) is 1. The van der Waals surface area contributed by atoms with Crippen LogP contribution in [0.25, 0.3) is 0 Å². The van der Waals surface area contributed by atoms with Crippen molar-refractivity contribution in [3.8, 4) is 0 Å². The highest BCUT2D eigenvalue weighted by Gasteiger charge is 2.11. The van der Waals surface area contributed by atoms with Crippen molar-refractivity contribution >= 4 is 15.9 Å². The van der Waals surface area contributed by atoms with Crippen LogP contribution in [-0.2, 0) is 6.42 Å². The Morgan fingerprint density at radius 2 is 1.84 bits per heavy atom. The molecule has 0 fully saturated rings. The summed E-state index contributed by atoms with van der Waals surface area (Å²) in [5.74, 6) is 0.124. The molecule has 1 atom stereocenters. The third-order valence-electron chi connectivity index (χ3n) is 3.33. The zero-order valence-electron chi connectivity index (χ0n) is 10.7. The van der Waals surface area contributed by atoms with E-state index in [-0.39, 0.29) is 5.82 Å². The Morgan fingerprint density at radius 3 is 2.53 bits per heavy atom. The maximum absolute atomic E-state index is 13.2. The summed E-state index contributed by atoms with van der Waals surface area (Å²) in [6.45, 7) is 0.608. The maximum Gasteiger partial charge on any atom is 0.123 e. The van der Waals surface area contributed by atoms with Crippen LogP contribution in [0.15, 0.2) is 53.0 Å². The molecule has 2 aromatic rings. The van der Waals surface area contributed by atoms with E-state index in [1.54, 1.807) is 12.1 Å². The van der Waals surface area contributed by atoms with Crippen molar-refractivity contribution in [1.29, 1.82) is 0 Å². The second kappa shape index (κ2) is 6.83. The standard InChI is InChI=1S/C16H17BrFN/c17-16-9-8-15(18)10-13(16)6-7-14(11-19)12-4-2-1-3-5-12/h1-5,8-10,14H,6-7,11,19H2. The molecular weight excluding hydrogens is 305 g/mol. The van der Waals surface area contributed by atoms with Gasteiger partial charge in [-0.15, -0.1) is 0 Å². The van der Waals surface area contributed by atoms with E-state index >= 15 is 0 Å². The molecule has 0 saturated carbocycles. The molecule has 0 bridgehead atoms. The van der Waals surface area contributed by atoms with Crippen LogP contribution in [0.2, 0.25) is 0 Å². The molecule has 2 rings (SSSR count). The fraction of sp³-hybridized carbons (Fsp3) is 0.250. The highest BCUT2D eigenvalue weighted by Crippen LogP contribution is 2.24. The van der Waals surface area contributed by atoms with Crippen molar-refractivity contribution in [2.45, 2.75) is 18.8 Å². The molecule has 3 heteroatoms. The van der Waals surface area contributed by atoms with Crippen molar-refractivity contribution in [1.82, 2.24) is 0 Å². The lowest BCUT2D eigenvalue weighted by molar-refractivity contribution is 0.612. The van der Waals surface area contributed by atoms with Crippen molar-refractivity contribution in [3.63, 3.8) is 0 Å². The zero-order chi connectivity index (χ0) is 13.7. The minimum atomic E-state index is -0.192. The van der Waals surface area contributed by atoms with Crippen LogP contribution < -0.4 is 5.73 Å². The quantitative estimate of drug-likeness (QED) is 0.874. The van der Waals surface area contributed by atoms with Gasteiger partial charge in [-0.05, 0) is 54.6 Å². The van der Waals surface area contributed by atoms with Gasteiger partial charge >= 0.3 is 0 Å². The number of hydrogen-bond donors (Lipinski definition) is 1. The lowest BCUT2D eigenvalue weighted by atomic mass is 9.92. The van der Waals surface area contributed by atoms with Crippen LogP contribution >= 0.6 is 15.9 Å². The molecule has 1 unspecified atom stereocenters. The Balaban J connectivity index is 2.06. The van der Waals surface area contributed by atoms with Crippen molar-refractivity contribution < 1.29 is 4.39 Å². The van der Waals surface area contributed by atoms with Gasteiger partial charge < -0.3 is 5.73 Å². The molecule has 100 valence electrons. The number of benzene rings is 2. The molecule has 0 heterocycles. The van der Waals surface area contributed by atoms with E-state index in [1.165, 1.54) is 11.6 Å². The summed E-state index contributed by atoms with van der Waals surface area (Å²) in [5.41, 5.74) is 8.09. The lowest BCUT2D eigenvalue weighted by Crippen LogP contribution is -2.13. The Hall–Kier alpha value is -1.19. The van der Waals surface area contributed by atoms with Gasteiger partial charge in [-0.2, -0.15) is 0 Å². The van der Waals surface area contributed by atoms with Crippen molar-refractivity contribution in [2.24, 2.45) is 5.73 Å². The van der Waals surface area contributed by atoms with Gasteiger partial charge in [0.25, 0.3) is 0 Å². The van der Waals surface area contributed by atoms with Gasteiger partial charge in [0.2, 0.25) is 0 Å². The first-order valence-corrected chi connectivity index (χ1v) is 7.19. The molecule has 2 aromatic carbocycles. The average Bonchev–Trinajstić information content (AvgIpc) is 2.44. The third kappa shape index (κ3) is 3.88. The van der Waals surface area contributed by atoms with Gasteiger partial charge in [0.05, 0.1) is 0 Å². The van der Waals surface area contributed by atoms with Gasteiger partial charge in [-0.3, -0.25) is 0 Å². The summed E-state index contributed by atoms with van der Waals surface area (Å²) in [5, 5.41) is 0. The predicted octanol–water partition coefficient (Wildman–Crippen LogP) is 4.26. The third-order valence-corrected chi connectivity index (χ3v) is 4.10. The SMILES string of the molecule is NCC(CCc1cc(F)ccc1Br)c1ccccc1. The fourth-order valence-corrected chi connectivity index (χ4v) is 2.66. The number of halogens is 2. The number of aryl methyl sites for hydroxylation is 1. The molecule has 0 saturated heterocycles. The smallest absolute Gasteiger partial charge is 0.123 e. The van der Waals surface area contributed by atoms with E-state index in [0.29, 0.717) is 12.5 Å². The lowest BCUT2D eigenvalue weighted by Gasteiger charge is -2.15. The Labute approximate surface area is 121 Å². The van der Waals surface area contributed by atoms with E-state index in [1.807, 2.05) is 18.2 Å². The monoisotopic (exact) mass is 321 g/mol. The van der Waals surface area contributed by atoms with E-state index < -0.39 is 0 Å². The Kier molecular flexibility index (Phi) is 5.11. The first-order chi connectivity index (χ1) is 9.20. The molecule has 2 N–H and O–H groups in total. The predicted molar refractivity (Wildman–Crippen MR) is 80.7 cm³/mol. The minimum absolute atomic E-state index is 0.192. The molecule has 0 aromatic heterocycles. The molecule has 0 amide bonds. The first-order valence-electron chi connectivity index (χ1n) is 6.39.